The molecule has 0 aromatic rings. The van der Waals surface area contributed by atoms with E-state index in [0.717, 1.165) is 12.8 Å². The number of hydrogen-bond acceptors (Lipinski definition) is 6. The Labute approximate surface area is 99.7 Å². The van der Waals surface area contributed by atoms with Gasteiger partial charge in [-0.15, -0.1) is 9.79 Å². The molecular formula is C6H16N2O7P2+2. The number of carboxylic acids is 1. The van der Waals surface area contributed by atoms with Gasteiger partial charge in [0.1, 0.15) is 6.04 Å². The molecule has 7 N–H and O–H groups in total. The Morgan fingerprint density at radius 2 is 1.71 bits per heavy atom. The predicted molar refractivity (Wildman–Crippen MR) is 59.3 cm³/mol. The van der Waals surface area contributed by atoms with Gasteiger partial charge in [-0.1, -0.05) is 6.42 Å². The Bertz CT molecular complexity index is 251. The van der Waals surface area contributed by atoms with Crippen LogP contribution >= 0.6 is 16.5 Å². The van der Waals surface area contributed by atoms with E-state index in [0.29, 0.717) is 13.0 Å². The minimum absolute atomic E-state index is 0.520. The molecule has 0 fully saturated rings. The predicted octanol–water partition coefficient (Wildman–Crippen LogP) is -0.170. The van der Waals surface area contributed by atoms with E-state index in [1.807, 2.05) is 0 Å². The van der Waals surface area contributed by atoms with Crippen LogP contribution in [0.25, 0.3) is 0 Å². The number of nitrogens with two attached hydrogens (primary N) is 2. The molecule has 0 bridgehead atoms. The average Bonchev–Trinajstić information content (AvgIpc) is 2.16. The lowest BCUT2D eigenvalue weighted by Crippen LogP contribution is -2.29. The lowest BCUT2D eigenvalue weighted by molar-refractivity contribution is -0.138. The molecule has 11 heteroatoms. The van der Waals surface area contributed by atoms with Crippen LogP contribution in [0.15, 0.2) is 0 Å². The summed E-state index contributed by atoms with van der Waals surface area (Å²) < 4.78 is 22.2. The Hall–Kier alpha value is -0.530. The first-order chi connectivity index (χ1) is 7.81. The summed E-state index contributed by atoms with van der Waals surface area (Å²) >= 11 is 0. The maximum Gasteiger partial charge on any atom is 0.745 e. The summed E-state index contributed by atoms with van der Waals surface area (Å²) in [6.45, 7) is 0.604. The van der Waals surface area contributed by atoms with Crippen LogP contribution in [0.1, 0.15) is 19.3 Å². The summed E-state index contributed by atoms with van der Waals surface area (Å²) in [5.41, 5.74) is 10.4. The standard InChI is InChI=1S/C6H14N2O2.O5P2/c7-4-2-1-3-5(8)6(9)10;1-6(2)5-7(3)4/h5H,1-4,7-8H2,(H,9,10);/p+2/t5-;/m0./s1. The summed E-state index contributed by atoms with van der Waals surface area (Å²) in [5, 5.41) is 8.33. The molecular weight excluding hydrogens is 274 g/mol. The van der Waals surface area contributed by atoms with Crippen molar-refractivity contribution in [1.82, 2.24) is 0 Å². The SMILES string of the molecule is NCCCC[C@H](N)C(=O)O.O=[P+](O)O[P+](=O)O. The molecule has 0 aliphatic heterocycles. The molecule has 9 nitrogen and oxygen atoms in total. The molecule has 0 spiro atoms. The quantitative estimate of drug-likeness (QED) is 0.315. The number of carbonyl (C=O) groups is 1. The Balaban J connectivity index is 0. The van der Waals surface area contributed by atoms with E-state index >= 15 is 0 Å². The number of aliphatic carboxylic acids is 1. The number of carboxylic acid groups (broad SMARTS) is 1. The maximum atomic E-state index is 10.1. The van der Waals surface area contributed by atoms with Crippen molar-refractivity contribution in [2.24, 2.45) is 11.5 Å². The van der Waals surface area contributed by atoms with Crippen LogP contribution < -0.4 is 11.5 Å². The van der Waals surface area contributed by atoms with Gasteiger partial charge in [0, 0.05) is 9.13 Å². The van der Waals surface area contributed by atoms with Crippen LogP contribution in [0.5, 0.6) is 0 Å². The van der Waals surface area contributed by atoms with Gasteiger partial charge in [0.05, 0.1) is 0 Å². The number of hydrogen-bond donors (Lipinski definition) is 5. The summed E-state index contributed by atoms with van der Waals surface area (Å²) in [6, 6.07) is -0.716. The maximum absolute atomic E-state index is 10.1. The first kappa shape index (κ1) is 18.8. The van der Waals surface area contributed by atoms with E-state index in [1.54, 1.807) is 0 Å². The fourth-order valence-corrected chi connectivity index (χ4v) is 1.17. The molecule has 0 saturated heterocycles. The van der Waals surface area contributed by atoms with E-state index in [4.69, 9.17) is 26.4 Å². The second-order valence-electron chi connectivity index (χ2n) is 2.79. The van der Waals surface area contributed by atoms with E-state index in [2.05, 4.69) is 4.31 Å². The van der Waals surface area contributed by atoms with Crippen LogP contribution in [0.2, 0.25) is 0 Å². The monoisotopic (exact) mass is 290 g/mol. The van der Waals surface area contributed by atoms with Gasteiger partial charge < -0.3 is 16.6 Å². The zero-order chi connectivity index (χ0) is 13.8. The van der Waals surface area contributed by atoms with Crippen molar-refractivity contribution in [2.45, 2.75) is 25.3 Å². The van der Waals surface area contributed by atoms with Crippen LogP contribution in [-0.2, 0) is 18.2 Å². The van der Waals surface area contributed by atoms with Crippen molar-refractivity contribution < 1.29 is 33.1 Å². The lowest BCUT2D eigenvalue weighted by Gasteiger charge is -2.03. The Morgan fingerprint density at radius 3 is 1.94 bits per heavy atom. The van der Waals surface area contributed by atoms with Crippen LogP contribution in [-0.4, -0.2) is 33.4 Å². The zero-order valence-corrected chi connectivity index (χ0v) is 10.7. The minimum Gasteiger partial charge on any atom is -0.480 e. The van der Waals surface area contributed by atoms with Crippen LogP contribution in [0.3, 0.4) is 0 Å². The Morgan fingerprint density at radius 1 is 1.24 bits per heavy atom. The molecule has 0 aliphatic rings. The molecule has 0 rings (SSSR count). The highest BCUT2D eigenvalue weighted by molar-refractivity contribution is 7.46. The van der Waals surface area contributed by atoms with Gasteiger partial charge in [-0.25, -0.2) is 0 Å². The number of unbranched alkanes of at least 4 members (excludes halogenated alkanes) is 1. The second kappa shape index (κ2) is 11.9. The fraction of sp³-hybridized carbons (Fsp3) is 0.833. The largest absolute Gasteiger partial charge is 0.745 e. The van der Waals surface area contributed by atoms with Crippen molar-refractivity contribution in [3.8, 4) is 0 Å². The first-order valence-corrected chi connectivity index (χ1v) is 6.76. The number of rotatable bonds is 7. The van der Waals surface area contributed by atoms with E-state index < -0.39 is 28.5 Å². The van der Waals surface area contributed by atoms with E-state index in [-0.39, 0.29) is 0 Å². The molecule has 0 aromatic carbocycles. The van der Waals surface area contributed by atoms with Gasteiger partial charge in [-0.3, -0.25) is 4.79 Å². The molecule has 3 atom stereocenters. The molecule has 2 unspecified atom stereocenters. The third-order valence-electron chi connectivity index (χ3n) is 1.43. The van der Waals surface area contributed by atoms with Crippen LogP contribution in [0, 0.1) is 0 Å². The lowest BCUT2D eigenvalue weighted by atomic mass is 10.1. The highest BCUT2D eigenvalue weighted by atomic mass is 31.2. The van der Waals surface area contributed by atoms with Gasteiger partial charge in [0.15, 0.2) is 4.31 Å². The minimum atomic E-state index is -2.92. The highest BCUT2D eigenvalue weighted by Gasteiger charge is 2.31. The van der Waals surface area contributed by atoms with Gasteiger partial charge in [-0.05, 0) is 19.4 Å². The first-order valence-electron chi connectivity index (χ1n) is 4.50. The molecule has 0 amide bonds. The third kappa shape index (κ3) is 18.1. The average molecular weight is 290 g/mol. The van der Waals surface area contributed by atoms with Gasteiger partial charge in [0.25, 0.3) is 0 Å². The zero-order valence-electron chi connectivity index (χ0n) is 8.93. The normalized spacial score (nSPS) is 13.2. The summed E-state index contributed by atoms with van der Waals surface area (Å²) in [4.78, 5) is 25.5. The van der Waals surface area contributed by atoms with Gasteiger partial charge >= 0.3 is 22.5 Å². The Kier molecular flexibility index (Phi) is 13.2. The second-order valence-corrected chi connectivity index (χ2v) is 4.39. The van der Waals surface area contributed by atoms with Gasteiger partial charge in [0.2, 0.25) is 0 Å². The van der Waals surface area contributed by atoms with Crippen molar-refractivity contribution in [2.75, 3.05) is 6.54 Å². The summed E-state index contributed by atoms with van der Waals surface area (Å²) in [7, 11) is -5.85. The smallest absolute Gasteiger partial charge is 0.480 e. The van der Waals surface area contributed by atoms with Crippen molar-refractivity contribution in [3.05, 3.63) is 0 Å². The summed E-state index contributed by atoms with van der Waals surface area (Å²) in [6.07, 6.45) is 2.16. The summed E-state index contributed by atoms with van der Waals surface area (Å²) in [5.74, 6) is -0.933. The molecule has 100 valence electrons. The van der Waals surface area contributed by atoms with Crippen molar-refractivity contribution in [3.63, 3.8) is 0 Å². The van der Waals surface area contributed by atoms with E-state index in [1.165, 1.54) is 0 Å². The molecule has 0 aromatic heterocycles. The van der Waals surface area contributed by atoms with E-state index in [9.17, 15) is 13.9 Å². The molecule has 0 radical (unpaired) electrons. The van der Waals surface area contributed by atoms with Crippen molar-refractivity contribution in [1.29, 1.82) is 0 Å². The highest BCUT2D eigenvalue weighted by Crippen LogP contribution is 2.30. The molecule has 0 aliphatic carbocycles. The van der Waals surface area contributed by atoms with Crippen LogP contribution in [0.4, 0.5) is 0 Å². The molecule has 0 saturated carbocycles. The van der Waals surface area contributed by atoms with Gasteiger partial charge in [-0.2, -0.15) is 0 Å². The third-order valence-corrected chi connectivity index (χ3v) is 2.54. The molecule has 0 heterocycles. The molecule has 17 heavy (non-hydrogen) atoms. The van der Waals surface area contributed by atoms with Crippen molar-refractivity contribution >= 4 is 22.5 Å². The topological polar surface area (TPSA) is 173 Å². The fourth-order valence-electron chi connectivity index (χ4n) is 0.692.